The summed E-state index contributed by atoms with van der Waals surface area (Å²) in [6, 6.07) is 11.6. The van der Waals surface area contributed by atoms with E-state index < -0.39 is 43.3 Å². The number of hydrogen-bond donors (Lipinski definition) is 2. The molecule has 42 heavy (non-hydrogen) atoms. The molecule has 0 aliphatic carbocycles. The van der Waals surface area contributed by atoms with Gasteiger partial charge in [0.05, 0.1) is 18.8 Å². The van der Waals surface area contributed by atoms with Gasteiger partial charge in [0.25, 0.3) is 5.56 Å². The van der Waals surface area contributed by atoms with Crippen LogP contribution in [-0.4, -0.2) is 40.4 Å². The Balaban J connectivity index is 1.50. The van der Waals surface area contributed by atoms with Crippen LogP contribution in [0.2, 0.25) is 0 Å². The van der Waals surface area contributed by atoms with E-state index >= 15 is 0 Å². The molecule has 0 bridgehead atoms. The monoisotopic (exact) mass is 603 g/mol. The third-order valence-electron chi connectivity index (χ3n) is 6.64. The molecule has 1 aliphatic rings. The Bertz CT molecular complexity index is 1570. The lowest BCUT2D eigenvalue weighted by Crippen LogP contribution is -2.36. The van der Waals surface area contributed by atoms with Crippen LogP contribution in [0.4, 0.5) is 4.39 Å². The minimum atomic E-state index is -4.17. The average molecular weight is 604 g/mol. The van der Waals surface area contributed by atoms with Gasteiger partial charge in [-0.25, -0.2) is 13.8 Å². The van der Waals surface area contributed by atoms with E-state index in [0.29, 0.717) is 12.0 Å². The minimum Gasteiger partial charge on any atom is -0.462 e. The molecule has 1 fully saturated rings. The first kappa shape index (κ1) is 31.4. The van der Waals surface area contributed by atoms with Crippen molar-refractivity contribution in [2.24, 2.45) is 5.92 Å². The minimum absolute atomic E-state index is 0.127. The number of nitrogens with one attached hydrogen (secondary N) is 2. The van der Waals surface area contributed by atoms with Crippen LogP contribution in [0.25, 0.3) is 11.1 Å². The van der Waals surface area contributed by atoms with Crippen molar-refractivity contribution in [3.05, 3.63) is 86.9 Å². The van der Waals surface area contributed by atoms with E-state index in [1.165, 1.54) is 29.8 Å². The summed E-state index contributed by atoms with van der Waals surface area (Å²) in [4.78, 5) is 38.4. The van der Waals surface area contributed by atoms with Gasteiger partial charge in [0.1, 0.15) is 23.8 Å². The van der Waals surface area contributed by atoms with Crippen molar-refractivity contribution in [2.75, 3.05) is 6.61 Å². The number of aryl methyl sites for hydroxylation is 1. The molecular weight excluding hydrogens is 568 g/mol. The van der Waals surface area contributed by atoms with Crippen LogP contribution in [0.5, 0.6) is 5.75 Å². The lowest BCUT2D eigenvalue weighted by molar-refractivity contribution is -0.149. The second-order valence-electron chi connectivity index (χ2n) is 10.6. The molecule has 1 saturated heterocycles. The number of nitrogens with zero attached hydrogens (tertiary/aromatic N) is 1. The number of benzene rings is 2. The van der Waals surface area contributed by atoms with Crippen molar-refractivity contribution in [2.45, 2.75) is 65.5 Å². The molecule has 0 spiro atoms. The number of ether oxygens (including phenoxy) is 2. The van der Waals surface area contributed by atoms with Crippen molar-refractivity contribution < 1.29 is 32.3 Å². The summed E-state index contributed by atoms with van der Waals surface area (Å²) >= 11 is 0. The molecular formula is C29H35FN3O8P. The standard InChI is InChI=1S/C29H35FN3O8P/c1-17(2)39-28(35)20(5)32-42(37,41-23-9-6-21(7-10-23)22-8-11-25(30)18(3)14-22)38-16-24-15-19(4)27(40-24)33-13-12-26(34)31-29(33)36/h6-14,17,19-20,24,27H,15-16H2,1-5H3,(H,32,37)(H,31,34,36)/t19-,20-,24-,27+,42?/m0/s1. The van der Waals surface area contributed by atoms with E-state index in [9.17, 15) is 23.3 Å². The van der Waals surface area contributed by atoms with Gasteiger partial charge in [-0.15, -0.1) is 0 Å². The number of rotatable bonds is 11. The van der Waals surface area contributed by atoms with E-state index in [-0.39, 0.29) is 30.2 Å². The lowest BCUT2D eigenvalue weighted by Gasteiger charge is -2.24. The second kappa shape index (κ2) is 13.2. The Morgan fingerprint density at radius 2 is 1.83 bits per heavy atom. The zero-order valence-electron chi connectivity index (χ0n) is 24.0. The maximum atomic E-state index is 13.9. The highest BCUT2D eigenvalue weighted by Crippen LogP contribution is 2.46. The summed E-state index contributed by atoms with van der Waals surface area (Å²) in [5, 5.41) is 2.64. The molecule has 13 heteroatoms. The number of aromatic amines is 1. The highest BCUT2D eigenvalue weighted by Gasteiger charge is 2.38. The van der Waals surface area contributed by atoms with Crippen molar-refractivity contribution >= 4 is 13.7 Å². The van der Waals surface area contributed by atoms with Crippen LogP contribution >= 0.6 is 7.75 Å². The van der Waals surface area contributed by atoms with Crippen molar-refractivity contribution in [1.29, 1.82) is 0 Å². The van der Waals surface area contributed by atoms with Gasteiger partial charge < -0.3 is 14.0 Å². The quantitative estimate of drug-likeness (QED) is 0.236. The predicted octanol–water partition coefficient (Wildman–Crippen LogP) is 4.71. The van der Waals surface area contributed by atoms with Crippen LogP contribution in [0, 0.1) is 18.7 Å². The van der Waals surface area contributed by atoms with Gasteiger partial charge in [0.2, 0.25) is 0 Å². The van der Waals surface area contributed by atoms with Gasteiger partial charge in [-0.3, -0.25) is 23.7 Å². The molecule has 5 atom stereocenters. The summed E-state index contributed by atoms with van der Waals surface area (Å²) in [7, 11) is -4.17. The van der Waals surface area contributed by atoms with Gasteiger partial charge in [-0.05, 0) is 75.1 Å². The van der Waals surface area contributed by atoms with Gasteiger partial charge in [0.15, 0.2) is 0 Å². The molecule has 1 unspecified atom stereocenters. The SMILES string of the molecule is Cc1cc(-c2ccc(OP(=O)(N[C@@H](C)C(=O)OC(C)C)OC[C@@H]3C[C@H](C)[C@H](n4ccc(=O)[nH]c4=O)O3)cc2)ccc1F. The third kappa shape index (κ3) is 7.83. The normalized spacial score (nSPS) is 20.7. The Hall–Kier alpha value is -3.57. The fourth-order valence-electron chi connectivity index (χ4n) is 4.56. The van der Waals surface area contributed by atoms with E-state index in [2.05, 4.69) is 10.1 Å². The molecule has 0 amide bonds. The molecule has 0 radical (unpaired) electrons. The Kier molecular flexibility index (Phi) is 9.83. The van der Waals surface area contributed by atoms with Crippen molar-refractivity contribution in [3.8, 4) is 16.9 Å². The second-order valence-corrected chi connectivity index (χ2v) is 12.3. The summed E-state index contributed by atoms with van der Waals surface area (Å²) in [5.74, 6) is -0.859. The first-order valence-corrected chi connectivity index (χ1v) is 15.1. The Labute approximate surface area is 242 Å². The summed E-state index contributed by atoms with van der Waals surface area (Å²) in [6.07, 6.45) is 0.211. The zero-order chi connectivity index (χ0) is 30.6. The number of hydrogen-bond acceptors (Lipinski definition) is 8. The van der Waals surface area contributed by atoms with Crippen LogP contribution < -0.4 is 20.9 Å². The molecule has 2 heterocycles. The fraction of sp³-hybridized carbons (Fsp3) is 0.414. The molecule has 2 N–H and O–H groups in total. The van der Waals surface area contributed by atoms with E-state index in [4.69, 9.17) is 18.5 Å². The van der Waals surface area contributed by atoms with Crippen molar-refractivity contribution in [3.63, 3.8) is 0 Å². The van der Waals surface area contributed by atoms with Gasteiger partial charge in [0, 0.05) is 18.2 Å². The molecule has 4 rings (SSSR count). The van der Waals surface area contributed by atoms with Gasteiger partial charge in [-0.2, -0.15) is 5.09 Å². The molecule has 11 nitrogen and oxygen atoms in total. The largest absolute Gasteiger partial charge is 0.462 e. The molecule has 0 saturated carbocycles. The highest BCUT2D eigenvalue weighted by atomic mass is 31.2. The Morgan fingerprint density at radius 3 is 2.48 bits per heavy atom. The van der Waals surface area contributed by atoms with Crippen LogP contribution in [-0.2, 0) is 23.4 Å². The average Bonchev–Trinajstić information content (AvgIpc) is 3.29. The summed E-state index contributed by atoms with van der Waals surface area (Å²) in [5.41, 5.74) is 0.977. The van der Waals surface area contributed by atoms with Crippen LogP contribution in [0.3, 0.4) is 0 Å². The maximum absolute atomic E-state index is 13.9. The Morgan fingerprint density at radius 1 is 1.14 bits per heavy atom. The number of carbonyl (C=O) groups excluding carboxylic acids is 1. The van der Waals surface area contributed by atoms with Crippen LogP contribution in [0.15, 0.2) is 64.3 Å². The number of halogens is 1. The van der Waals surface area contributed by atoms with E-state index in [1.807, 2.05) is 6.92 Å². The number of H-pyrrole nitrogens is 1. The topological polar surface area (TPSA) is 138 Å². The molecule has 2 aromatic carbocycles. The zero-order valence-corrected chi connectivity index (χ0v) is 24.9. The maximum Gasteiger partial charge on any atom is 0.459 e. The molecule has 1 aromatic heterocycles. The van der Waals surface area contributed by atoms with Crippen molar-refractivity contribution in [1.82, 2.24) is 14.6 Å². The van der Waals surface area contributed by atoms with Gasteiger partial charge in [-0.1, -0.05) is 25.1 Å². The highest BCUT2D eigenvalue weighted by molar-refractivity contribution is 7.52. The predicted molar refractivity (Wildman–Crippen MR) is 154 cm³/mol. The van der Waals surface area contributed by atoms with E-state index in [1.54, 1.807) is 57.2 Å². The number of esters is 1. The molecule has 226 valence electrons. The summed E-state index contributed by atoms with van der Waals surface area (Å²) < 4.78 is 51.7. The number of aromatic nitrogens is 2. The molecule has 1 aliphatic heterocycles. The third-order valence-corrected chi connectivity index (χ3v) is 8.28. The number of carbonyl (C=O) groups is 1. The van der Waals surface area contributed by atoms with Crippen LogP contribution in [0.1, 0.15) is 45.9 Å². The molecule has 3 aromatic rings. The smallest absolute Gasteiger partial charge is 0.459 e. The van der Waals surface area contributed by atoms with Gasteiger partial charge >= 0.3 is 19.4 Å². The fourth-order valence-corrected chi connectivity index (χ4v) is 6.08. The summed E-state index contributed by atoms with van der Waals surface area (Å²) in [6.45, 7) is 8.26. The van der Waals surface area contributed by atoms with E-state index in [0.717, 1.165) is 11.1 Å². The lowest BCUT2D eigenvalue weighted by atomic mass is 10.0. The first-order valence-electron chi connectivity index (χ1n) is 13.6. The first-order chi connectivity index (χ1) is 19.8.